The van der Waals surface area contributed by atoms with Crippen LogP contribution in [0.1, 0.15) is 0 Å². The van der Waals surface area contributed by atoms with Crippen LogP contribution in [0.3, 0.4) is 0 Å². The third-order valence-electron chi connectivity index (χ3n) is 2.49. The molecule has 1 aliphatic rings. The molecule has 1 aliphatic heterocycles. The van der Waals surface area contributed by atoms with E-state index < -0.39 is 10.0 Å². The van der Waals surface area contributed by atoms with Gasteiger partial charge in [-0.15, -0.1) is 0 Å². The fourth-order valence-corrected chi connectivity index (χ4v) is 2.98. The fourth-order valence-electron chi connectivity index (χ4n) is 1.58. The molecular formula is C10H12BNO3S. The van der Waals surface area contributed by atoms with Crippen LogP contribution >= 0.6 is 0 Å². The Morgan fingerprint density at radius 2 is 1.69 bits per heavy atom. The minimum atomic E-state index is -3.38. The first kappa shape index (κ1) is 11.6. The van der Waals surface area contributed by atoms with Crippen molar-refractivity contribution in [3.63, 3.8) is 0 Å². The smallest absolute Gasteiger partial charge is 0.243 e. The molecule has 2 radical (unpaired) electrons. The molecule has 0 saturated carbocycles. The molecule has 0 atom stereocenters. The first-order valence-electron chi connectivity index (χ1n) is 5.04. The lowest BCUT2D eigenvalue weighted by atomic mass is 9.97. The Balaban J connectivity index is 2.27. The second-order valence-electron chi connectivity index (χ2n) is 3.59. The van der Waals surface area contributed by atoms with E-state index in [9.17, 15) is 8.42 Å². The van der Waals surface area contributed by atoms with E-state index in [1.807, 2.05) is 0 Å². The van der Waals surface area contributed by atoms with Crippen molar-refractivity contribution in [2.45, 2.75) is 4.90 Å². The van der Waals surface area contributed by atoms with E-state index in [4.69, 9.17) is 12.6 Å². The van der Waals surface area contributed by atoms with E-state index in [2.05, 4.69) is 0 Å². The van der Waals surface area contributed by atoms with Crippen molar-refractivity contribution in [2.24, 2.45) is 0 Å². The number of hydrogen-bond acceptors (Lipinski definition) is 3. The number of nitrogens with zero attached hydrogens (tertiary/aromatic N) is 1. The summed E-state index contributed by atoms with van der Waals surface area (Å²) in [4.78, 5) is 0.281. The van der Waals surface area contributed by atoms with E-state index in [1.54, 1.807) is 12.1 Å². The molecule has 0 amide bonds. The zero-order valence-corrected chi connectivity index (χ0v) is 9.61. The number of hydrogen-bond donors (Lipinski definition) is 0. The van der Waals surface area contributed by atoms with E-state index in [0.717, 1.165) is 0 Å². The molecule has 0 unspecified atom stereocenters. The number of ether oxygens (including phenoxy) is 1. The van der Waals surface area contributed by atoms with Gasteiger partial charge in [-0.3, -0.25) is 0 Å². The number of morpholine rings is 1. The van der Waals surface area contributed by atoms with Crippen molar-refractivity contribution in [2.75, 3.05) is 26.3 Å². The number of benzene rings is 1. The molecule has 84 valence electrons. The second kappa shape index (κ2) is 4.57. The van der Waals surface area contributed by atoms with Crippen molar-refractivity contribution < 1.29 is 13.2 Å². The zero-order valence-electron chi connectivity index (χ0n) is 8.80. The summed E-state index contributed by atoms with van der Waals surface area (Å²) in [5.41, 5.74) is 0.556. The van der Waals surface area contributed by atoms with Gasteiger partial charge in [0.05, 0.1) is 18.1 Å². The Hall–Kier alpha value is -0.845. The quantitative estimate of drug-likeness (QED) is 0.651. The molecule has 4 nitrogen and oxygen atoms in total. The van der Waals surface area contributed by atoms with Crippen LogP contribution in [0.15, 0.2) is 29.2 Å². The monoisotopic (exact) mass is 237 g/mol. The Morgan fingerprint density at radius 1 is 1.12 bits per heavy atom. The van der Waals surface area contributed by atoms with Gasteiger partial charge in [-0.05, 0) is 12.1 Å². The Bertz CT molecular complexity index is 451. The summed E-state index contributed by atoms with van der Waals surface area (Å²) in [6.45, 7) is 1.72. The van der Waals surface area contributed by atoms with Gasteiger partial charge in [0.2, 0.25) is 10.0 Å². The van der Waals surface area contributed by atoms with Crippen molar-refractivity contribution in [1.82, 2.24) is 4.31 Å². The van der Waals surface area contributed by atoms with E-state index >= 15 is 0 Å². The Labute approximate surface area is 96.7 Å². The minimum Gasteiger partial charge on any atom is -0.379 e. The highest BCUT2D eigenvalue weighted by atomic mass is 32.2. The van der Waals surface area contributed by atoms with Gasteiger partial charge in [-0.1, -0.05) is 17.6 Å². The molecule has 1 fully saturated rings. The predicted octanol–water partition coefficient (Wildman–Crippen LogP) is -0.499. The summed E-state index contributed by atoms with van der Waals surface area (Å²) < 4.78 is 30.8. The van der Waals surface area contributed by atoms with Gasteiger partial charge in [0.25, 0.3) is 0 Å². The van der Waals surface area contributed by atoms with Gasteiger partial charge in [-0.2, -0.15) is 4.31 Å². The van der Waals surface area contributed by atoms with Crippen LogP contribution in [0.5, 0.6) is 0 Å². The van der Waals surface area contributed by atoms with E-state index in [0.29, 0.717) is 31.8 Å². The van der Waals surface area contributed by atoms with Crippen LogP contribution in [-0.4, -0.2) is 46.9 Å². The first-order valence-corrected chi connectivity index (χ1v) is 6.48. The SMILES string of the molecule is [B]c1ccc(S(=O)(=O)N2CCOCC2)cc1. The molecule has 0 spiro atoms. The van der Waals surface area contributed by atoms with Crippen LogP contribution in [0.25, 0.3) is 0 Å². The standard InChI is InChI=1S/C10H12BNO3S/c11-9-1-3-10(4-2-9)16(13,14)12-5-7-15-8-6-12/h1-4H,5-8H2. The summed E-state index contributed by atoms with van der Waals surface area (Å²) in [6.07, 6.45) is 0. The highest BCUT2D eigenvalue weighted by molar-refractivity contribution is 7.89. The minimum absolute atomic E-state index is 0.281. The summed E-state index contributed by atoms with van der Waals surface area (Å²) in [7, 11) is 2.14. The molecule has 0 N–H and O–H groups in total. The molecule has 2 rings (SSSR count). The molecule has 16 heavy (non-hydrogen) atoms. The van der Waals surface area contributed by atoms with E-state index in [-0.39, 0.29) is 4.90 Å². The number of rotatable bonds is 2. The molecule has 1 heterocycles. The van der Waals surface area contributed by atoms with Crippen LogP contribution in [0, 0.1) is 0 Å². The van der Waals surface area contributed by atoms with Crippen LogP contribution in [0.4, 0.5) is 0 Å². The summed E-state index contributed by atoms with van der Waals surface area (Å²) in [5, 5.41) is 0. The van der Waals surface area contributed by atoms with Crippen LogP contribution in [-0.2, 0) is 14.8 Å². The maximum atomic E-state index is 12.1. The third-order valence-corrected chi connectivity index (χ3v) is 4.40. The molecule has 0 aliphatic carbocycles. The van der Waals surface area contributed by atoms with Gasteiger partial charge < -0.3 is 4.74 Å². The summed E-state index contributed by atoms with van der Waals surface area (Å²) in [5.74, 6) is 0. The van der Waals surface area contributed by atoms with Gasteiger partial charge in [0, 0.05) is 13.1 Å². The number of sulfonamides is 1. The topological polar surface area (TPSA) is 46.6 Å². The van der Waals surface area contributed by atoms with E-state index in [1.165, 1.54) is 16.4 Å². The third kappa shape index (κ3) is 2.29. The maximum Gasteiger partial charge on any atom is 0.243 e. The largest absolute Gasteiger partial charge is 0.379 e. The lowest BCUT2D eigenvalue weighted by Gasteiger charge is -2.26. The normalized spacial score (nSPS) is 18.5. The lowest BCUT2D eigenvalue weighted by molar-refractivity contribution is 0.0730. The molecule has 1 saturated heterocycles. The highest BCUT2D eigenvalue weighted by Crippen LogP contribution is 2.15. The summed E-state index contributed by atoms with van der Waals surface area (Å²) >= 11 is 0. The molecule has 1 aromatic carbocycles. The van der Waals surface area contributed by atoms with Gasteiger partial charge in [0.15, 0.2) is 0 Å². The average molecular weight is 237 g/mol. The van der Waals surface area contributed by atoms with Crippen LogP contribution in [0.2, 0.25) is 0 Å². The molecule has 6 heteroatoms. The highest BCUT2D eigenvalue weighted by Gasteiger charge is 2.25. The lowest BCUT2D eigenvalue weighted by Crippen LogP contribution is -2.40. The second-order valence-corrected chi connectivity index (χ2v) is 5.52. The maximum absolute atomic E-state index is 12.1. The van der Waals surface area contributed by atoms with Crippen LogP contribution < -0.4 is 5.46 Å². The van der Waals surface area contributed by atoms with Gasteiger partial charge >= 0.3 is 0 Å². The predicted molar refractivity (Wildman–Crippen MR) is 61.4 cm³/mol. The Morgan fingerprint density at radius 3 is 2.25 bits per heavy atom. The molecule has 0 aromatic heterocycles. The zero-order chi connectivity index (χ0) is 11.6. The fraction of sp³-hybridized carbons (Fsp3) is 0.400. The van der Waals surface area contributed by atoms with Crippen molar-refractivity contribution >= 4 is 23.3 Å². The Kier molecular flexibility index (Phi) is 3.32. The van der Waals surface area contributed by atoms with Crippen molar-refractivity contribution in [3.8, 4) is 0 Å². The molecular weight excluding hydrogens is 225 g/mol. The first-order chi connectivity index (χ1) is 7.60. The van der Waals surface area contributed by atoms with Crippen molar-refractivity contribution in [3.05, 3.63) is 24.3 Å². The van der Waals surface area contributed by atoms with Crippen molar-refractivity contribution in [1.29, 1.82) is 0 Å². The average Bonchev–Trinajstić information content (AvgIpc) is 2.31. The van der Waals surface area contributed by atoms with Gasteiger partial charge in [-0.25, -0.2) is 8.42 Å². The molecule has 0 bridgehead atoms. The van der Waals surface area contributed by atoms with Gasteiger partial charge in [0.1, 0.15) is 7.85 Å². The summed E-state index contributed by atoms with van der Waals surface area (Å²) in [6, 6.07) is 6.24. The molecule has 1 aromatic rings.